The molecule has 3 aromatic rings. The molecule has 1 saturated heterocycles. The highest BCUT2D eigenvalue weighted by molar-refractivity contribution is 5.77. The highest BCUT2D eigenvalue weighted by Gasteiger charge is 2.33. The SMILES string of the molecule is O=C(CCc1ccccc1)N1CCC[C@@H]1c1nc(-c2ccccc2)no1. The van der Waals surface area contributed by atoms with Crippen molar-refractivity contribution in [3.05, 3.63) is 72.1 Å². The average molecular weight is 347 g/mol. The van der Waals surface area contributed by atoms with E-state index in [1.165, 1.54) is 5.56 Å². The van der Waals surface area contributed by atoms with Crippen LogP contribution >= 0.6 is 0 Å². The Morgan fingerprint density at radius 1 is 1.08 bits per heavy atom. The van der Waals surface area contributed by atoms with Crippen LogP contribution in [0, 0.1) is 0 Å². The molecule has 1 atom stereocenters. The molecule has 1 aliphatic rings. The summed E-state index contributed by atoms with van der Waals surface area (Å²) in [7, 11) is 0. The lowest BCUT2D eigenvalue weighted by Crippen LogP contribution is -2.30. The summed E-state index contributed by atoms with van der Waals surface area (Å²) in [6.45, 7) is 0.751. The molecule has 0 unspecified atom stereocenters. The van der Waals surface area contributed by atoms with E-state index < -0.39 is 0 Å². The molecule has 1 fully saturated rings. The molecule has 0 radical (unpaired) electrons. The van der Waals surface area contributed by atoms with Crippen molar-refractivity contribution in [3.8, 4) is 11.4 Å². The maximum Gasteiger partial charge on any atom is 0.249 e. The van der Waals surface area contributed by atoms with Gasteiger partial charge in [-0.25, -0.2) is 0 Å². The summed E-state index contributed by atoms with van der Waals surface area (Å²) in [4.78, 5) is 19.2. The summed E-state index contributed by atoms with van der Waals surface area (Å²) < 4.78 is 5.49. The molecule has 0 N–H and O–H groups in total. The predicted molar refractivity (Wildman–Crippen MR) is 98.2 cm³/mol. The normalized spacial score (nSPS) is 16.8. The lowest BCUT2D eigenvalue weighted by Gasteiger charge is -2.21. The average Bonchev–Trinajstić information content (AvgIpc) is 3.37. The van der Waals surface area contributed by atoms with Crippen LogP contribution in [0.2, 0.25) is 0 Å². The van der Waals surface area contributed by atoms with Crippen LogP contribution in [0.3, 0.4) is 0 Å². The minimum Gasteiger partial charge on any atom is -0.337 e. The highest BCUT2D eigenvalue weighted by atomic mass is 16.5. The molecule has 2 aromatic carbocycles. The van der Waals surface area contributed by atoms with Gasteiger partial charge in [0, 0.05) is 18.5 Å². The van der Waals surface area contributed by atoms with E-state index in [9.17, 15) is 4.79 Å². The highest BCUT2D eigenvalue weighted by Crippen LogP contribution is 2.32. The van der Waals surface area contributed by atoms with Gasteiger partial charge < -0.3 is 9.42 Å². The number of hydrogen-bond donors (Lipinski definition) is 0. The number of hydrogen-bond acceptors (Lipinski definition) is 4. The van der Waals surface area contributed by atoms with Crippen LogP contribution in [0.15, 0.2) is 65.2 Å². The number of carbonyl (C=O) groups is 1. The molecular weight excluding hydrogens is 326 g/mol. The van der Waals surface area contributed by atoms with Gasteiger partial charge in [0.05, 0.1) is 0 Å². The van der Waals surface area contributed by atoms with Gasteiger partial charge in [0.1, 0.15) is 6.04 Å². The van der Waals surface area contributed by atoms with Crippen LogP contribution in [0.4, 0.5) is 0 Å². The number of amides is 1. The third-order valence-corrected chi connectivity index (χ3v) is 4.80. The monoisotopic (exact) mass is 347 g/mol. The Morgan fingerprint density at radius 2 is 1.81 bits per heavy atom. The zero-order valence-corrected chi connectivity index (χ0v) is 14.5. The molecule has 132 valence electrons. The number of benzene rings is 2. The second kappa shape index (κ2) is 7.52. The molecular formula is C21H21N3O2. The first-order valence-electron chi connectivity index (χ1n) is 9.04. The third kappa shape index (κ3) is 3.52. The first kappa shape index (κ1) is 16.5. The molecule has 2 heterocycles. The lowest BCUT2D eigenvalue weighted by atomic mass is 10.1. The van der Waals surface area contributed by atoms with Gasteiger partial charge in [-0.3, -0.25) is 4.79 Å². The minimum atomic E-state index is -0.108. The van der Waals surface area contributed by atoms with E-state index in [-0.39, 0.29) is 11.9 Å². The Morgan fingerprint density at radius 3 is 2.58 bits per heavy atom. The van der Waals surface area contributed by atoms with E-state index in [2.05, 4.69) is 22.3 Å². The molecule has 1 aliphatic heterocycles. The maximum absolute atomic E-state index is 12.7. The maximum atomic E-state index is 12.7. The zero-order valence-electron chi connectivity index (χ0n) is 14.5. The molecule has 0 bridgehead atoms. The van der Waals surface area contributed by atoms with Crippen molar-refractivity contribution in [1.29, 1.82) is 0 Å². The summed E-state index contributed by atoms with van der Waals surface area (Å²) >= 11 is 0. The fourth-order valence-corrected chi connectivity index (χ4v) is 3.44. The molecule has 5 nitrogen and oxygen atoms in total. The van der Waals surface area contributed by atoms with Crippen molar-refractivity contribution < 1.29 is 9.32 Å². The van der Waals surface area contributed by atoms with Gasteiger partial charge in [0.25, 0.3) is 0 Å². The van der Waals surface area contributed by atoms with E-state index in [1.807, 2.05) is 53.4 Å². The molecule has 0 saturated carbocycles. The first-order chi connectivity index (χ1) is 12.8. The fourth-order valence-electron chi connectivity index (χ4n) is 3.44. The van der Waals surface area contributed by atoms with Crippen LogP contribution < -0.4 is 0 Å². The van der Waals surface area contributed by atoms with Crippen molar-refractivity contribution in [2.45, 2.75) is 31.7 Å². The van der Waals surface area contributed by atoms with Gasteiger partial charge in [-0.05, 0) is 24.8 Å². The number of aromatic nitrogens is 2. The van der Waals surface area contributed by atoms with E-state index in [0.29, 0.717) is 18.1 Å². The third-order valence-electron chi connectivity index (χ3n) is 4.80. The number of likely N-dealkylation sites (tertiary alicyclic amines) is 1. The van der Waals surface area contributed by atoms with Crippen molar-refractivity contribution in [3.63, 3.8) is 0 Å². The smallest absolute Gasteiger partial charge is 0.249 e. The van der Waals surface area contributed by atoms with Crippen molar-refractivity contribution in [2.75, 3.05) is 6.54 Å². The number of nitrogens with zero attached hydrogens (tertiary/aromatic N) is 3. The van der Waals surface area contributed by atoms with Gasteiger partial charge in [-0.1, -0.05) is 65.8 Å². The summed E-state index contributed by atoms with van der Waals surface area (Å²) in [5.74, 6) is 1.26. The standard InChI is InChI=1S/C21H21N3O2/c25-19(14-13-16-8-3-1-4-9-16)24-15-7-12-18(24)21-22-20(23-26-21)17-10-5-2-6-11-17/h1-6,8-11,18H,7,12-15H2/t18-/m1/s1. The van der Waals surface area contributed by atoms with Gasteiger partial charge in [0.15, 0.2) is 0 Å². The van der Waals surface area contributed by atoms with Crippen LogP contribution in [-0.4, -0.2) is 27.5 Å². The number of aryl methyl sites for hydroxylation is 1. The van der Waals surface area contributed by atoms with E-state index in [4.69, 9.17) is 4.52 Å². The van der Waals surface area contributed by atoms with Crippen LogP contribution in [0.5, 0.6) is 0 Å². The van der Waals surface area contributed by atoms with E-state index in [1.54, 1.807) is 0 Å². The van der Waals surface area contributed by atoms with Gasteiger partial charge in [0.2, 0.25) is 17.6 Å². The second-order valence-corrected chi connectivity index (χ2v) is 6.55. The number of rotatable bonds is 5. The fraction of sp³-hybridized carbons (Fsp3) is 0.286. The Balaban J connectivity index is 1.45. The summed E-state index contributed by atoms with van der Waals surface area (Å²) in [6.07, 6.45) is 3.08. The summed E-state index contributed by atoms with van der Waals surface area (Å²) in [6, 6.07) is 19.7. The Hall–Kier alpha value is -2.95. The van der Waals surface area contributed by atoms with Crippen molar-refractivity contribution in [1.82, 2.24) is 15.0 Å². The second-order valence-electron chi connectivity index (χ2n) is 6.55. The van der Waals surface area contributed by atoms with Gasteiger partial charge in [-0.2, -0.15) is 4.98 Å². The molecule has 4 rings (SSSR count). The quantitative estimate of drug-likeness (QED) is 0.699. The largest absolute Gasteiger partial charge is 0.337 e. The van der Waals surface area contributed by atoms with E-state index in [0.717, 1.165) is 31.4 Å². The molecule has 26 heavy (non-hydrogen) atoms. The topological polar surface area (TPSA) is 59.2 Å². The first-order valence-corrected chi connectivity index (χ1v) is 9.04. The Bertz CT molecular complexity index is 861. The summed E-state index contributed by atoms with van der Waals surface area (Å²) in [5, 5.41) is 4.09. The molecule has 0 spiro atoms. The zero-order chi connectivity index (χ0) is 17.8. The molecule has 1 aromatic heterocycles. The Kier molecular flexibility index (Phi) is 4.78. The lowest BCUT2D eigenvalue weighted by molar-refractivity contribution is -0.132. The van der Waals surface area contributed by atoms with Gasteiger partial charge in [-0.15, -0.1) is 0 Å². The molecule has 5 heteroatoms. The Labute approximate surface area is 152 Å². The van der Waals surface area contributed by atoms with Gasteiger partial charge >= 0.3 is 0 Å². The number of carbonyl (C=O) groups excluding carboxylic acids is 1. The van der Waals surface area contributed by atoms with Crippen LogP contribution in [0.25, 0.3) is 11.4 Å². The van der Waals surface area contributed by atoms with Crippen molar-refractivity contribution in [2.24, 2.45) is 0 Å². The summed E-state index contributed by atoms with van der Waals surface area (Å²) in [5.41, 5.74) is 2.10. The predicted octanol–water partition coefficient (Wildman–Crippen LogP) is 4.03. The van der Waals surface area contributed by atoms with Crippen LogP contribution in [0.1, 0.15) is 36.8 Å². The minimum absolute atomic E-state index is 0.108. The van der Waals surface area contributed by atoms with Crippen molar-refractivity contribution >= 4 is 5.91 Å². The van der Waals surface area contributed by atoms with Crippen LogP contribution in [-0.2, 0) is 11.2 Å². The molecule has 1 amide bonds. The van der Waals surface area contributed by atoms with E-state index >= 15 is 0 Å². The molecule has 0 aliphatic carbocycles.